The molecule has 4 rings (SSSR count). The molecule has 0 unspecified atom stereocenters. The summed E-state index contributed by atoms with van der Waals surface area (Å²) in [5.41, 5.74) is 0.595. The van der Waals surface area contributed by atoms with Crippen LogP contribution >= 0.6 is 0 Å². The average molecular weight is 348 g/mol. The predicted molar refractivity (Wildman–Crippen MR) is 97.2 cm³/mol. The summed E-state index contributed by atoms with van der Waals surface area (Å²) >= 11 is 0. The molecule has 132 valence electrons. The quantitative estimate of drug-likeness (QED) is 0.723. The first kappa shape index (κ1) is 16.3. The number of amides is 1. The summed E-state index contributed by atoms with van der Waals surface area (Å²) in [5, 5.41) is 0. The van der Waals surface area contributed by atoms with Crippen LogP contribution in [0.3, 0.4) is 0 Å². The van der Waals surface area contributed by atoms with Crippen molar-refractivity contribution in [3.63, 3.8) is 0 Å². The highest BCUT2D eigenvalue weighted by atomic mass is 16.5. The molecule has 1 aliphatic heterocycles. The third-order valence-corrected chi connectivity index (χ3v) is 4.58. The van der Waals surface area contributed by atoms with E-state index < -0.39 is 0 Å². The van der Waals surface area contributed by atoms with Gasteiger partial charge in [-0.2, -0.15) is 0 Å². The van der Waals surface area contributed by atoms with Gasteiger partial charge in [-0.25, -0.2) is 9.97 Å². The molecule has 1 fully saturated rings. The number of hydrogen-bond donors (Lipinski definition) is 0. The second kappa shape index (κ2) is 7.39. The van der Waals surface area contributed by atoms with E-state index in [-0.39, 0.29) is 11.9 Å². The van der Waals surface area contributed by atoms with E-state index in [1.54, 1.807) is 24.5 Å². The molecule has 1 saturated heterocycles. The van der Waals surface area contributed by atoms with Crippen molar-refractivity contribution < 1.29 is 9.53 Å². The van der Waals surface area contributed by atoms with Gasteiger partial charge in [0.25, 0.3) is 5.91 Å². The fourth-order valence-corrected chi connectivity index (χ4v) is 3.26. The van der Waals surface area contributed by atoms with Crippen LogP contribution in [0.15, 0.2) is 67.4 Å². The summed E-state index contributed by atoms with van der Waals surface area (Å²) in [6.07, 6.45) is 9.19. The summed E-state index contributed by atoms with van der Waals surface area (Å²) in [6, 6.07) is 13.2. The third-order valence-electron chi connectivity index (χ3n) is 4.58. The number of pyridine rings is 1. The van der Waals surface area contributed by atoms with Gasteiger partial charge in [-0.15, -0.1) is 0 Å². The standard InChI is InChI=1S/C20H20N4O2/c25-20(23-11-4-5-17(14-23)24-12-10-21-15-24)16-8-9-22-19(13-16)26-18-6-2-1-3-7-18/h1-3,6-10,12-13,15,17H,4-5,11,14H2/t17-/m1/s1. The van der Waals surface area contributed by atoms with Crippen molar-refractivity contribution in [3.05, 3.63) is 72.9 Å². The third kappa shape index (κ3) is 3.59. The Morgan fingerprint density at radius 3 is 2.85 bits per heavy atom. The highest BCUT2D eigenvalue weighted by Crippen LogP contribution is 2.24. The summed E-state index contributed by atoms with van der Waals surface area (Å²) in [4.78, 5) is 23.2. The van der Waals surface area contributed by atoms with E-state index in [0.717, 1.165) is 19.4 Å². The van der Waals surface area contributed by atoms with Crippen molar-refractivity contribution in [2.45, 2.75) is 18.9 Å². The van der Waals surface area contributed by atoms with Gasteiger partial charge in [0.2, 0.25) is 5.88 Å². The fraction of sp³-hybridized carbons (Fsp3) is 0.250. The van der Waals surface area contributed by atoms with Gasteiger partial charge in [-0.1, -0.05) is 18.2 Å². The number of aromatic nitrogens is 3. The molecule has 6 nitrogen and oxygen atoms in total. The Morgan fingerprint density at radius 2 is 2.04 bits per heavy atom. The van der Waals surface area contributed by atoms with Gasteiger partial charge >= 0.3 is 0 Å². The molecule has 0 radical (unpaired) electrons. The lowest BCUT2D eigenvalue weighted by atomic mass is 10.0. The molecule has 3 heterocycles. The minimum absolute atomic E-state index is 0.00938. The van der Waals surface area contributed by atoms with E-state index in [2.05, 4.69) is 14.5 Å². The number of benzene rings is 1. The average Bonchev–Trinajstić information content (AvgIpc) is 3.23. The number of hydrogen-bond acceptors (Lipinski definition) is 4. The van der Waals surface area contributed by atoms with Gasteiger partial charge in [0.05, 0.1) is 12.4 Å². The number of likely N-dealkylation sites (tertiary alicyclic amines) is 1. The van der Waals surface area contributed by atoms with Crippen LogP contribution in [0.5, 0.6) is 11.6 Å². The molecule has 6 heteroatoms. The summed E-state index contributed by atoms with van der Waals surface area (Å²) in [7, 11) is 0. The molecule has 1 atom stereocenters. The minimum atomic E-state index is 0.00938. The number of rotatable bonds is 4. The number of nitrogens with zero attached hydrogens (tertiary/aromatic N) is 4. The first-order chi connectivity index (χ1) is 12.8. The fourth-order valence-electron chi connectivity index (χ4n) is 3.26. The monoisotopic (exact) mass is 348 g/mol. The van der Waals surface area contributed by atoms with Crippen molar-refractivity contribution >= 4 is 5.91 Å². The number of piperidine rings is 1. The van der Waals surface area contributed by atoms with E-state index >= 15 is 0 Å². The van der Waals surface area contributed by atoms with E-state index in [4.69, 9.17) is 4.74 Å². The summed E-state index contributed by atoms with van der Waals surface area (Å²) < 4.78 is 7.82. The van der Waals surface area contributed by atoms with Crippen molar-refractivity contribution in [2.75, 3.05) is 13.1 Å². The van der Waals surface area contributed by atoms with Gasteiger partial charge in [0, 0.05) is 43.3 Å². The van der Waals surface area contributed by atoms with Crippen molar-refractivity contribution in [3.8, 4) is 11.6 Å². The number of carbonyl (C=O) groups is 1. The van der Waals surface area contributed by atoms with E-state index in [1.165, 1.54) is 0 Å². The van der Waals surface area contributed by atoms with Gasteiger partial charge in [0.15, 0.2) is 0 Å². The Bertz CT molecular complexity index is 865. The zero-order valence-corrected chi connectivity index (χ0v) is 14.4. The maximum Gasteiger partial charge on any atom is 0.254 e. The Morgan fingerprint density at radius 1 is 1.15 bits per heavy atom. The number of ether oxygens (including phenoxy) is 1. The van der Waals surface area contributed by atoms with Crippen molar-refractivity contribution in [1.82, 2.24) is 19.4 Å². The number of imidazole rings is 1. The van der Waals surface area contributed by atoms with Crippen LogP contribution in [0.1, 0.15) is 29.2 Å². The van der Waals surface area contributed by atoms with Crippen LogP contribution in [0, 0.1) is 0 Å². The normalized spacial score (nSPS) is 17.1. The Kier molecular flexibility index (Phi) is 4.64. The van der Waals surface area contributed by atoms with Crippen LogP contribution in [0.4, 0.5) is 0 Å². The lowest BCUT2D eigenvalue weighted by Gasteiger charge is -2.33. The first-order valence-corrected chi connectivity index (χ1v) is 8.75. The lowest BCUT2D eigenvalue weighted by Crippen LogP contribution is -2.40. The van der Waals surface area contributed by atoms with Gasteiger partial charge in [0.1, 0.15) is 5.75 Å². The molecule has 0 saturated carbocycles. The molecular weight excluding hydrogens is 328 g/mol. The minimum Gasteiger partial charge on any atom is -0.439 e. The second-order valence-electron chi connectivity index (χ2n) is 6.35. The SMILES string of the molecule is O=C(c1ccnc(Oc2ccccc2)c1)N1CCC[C@@H](n2ccnc2)C1. The van der Waals surface area contributed by atoms with E-state index in [9.17, 15) is 4.79 Å². The zero-order chi connectivity index (χ0) is 17.8. The molecule has 1 aliphatic rings. The molecule has 0 aliphatic carbocycles. The van der Waals surface area contributed by atoms with Crippen molar-refractivity contribution in [1.29, 1.82) is 0 Å². The van der Waals surface area contributed by atoms with Crippen LogP contribution in [-0.4, -0.2) is 38.4 Å². The molecule has 0 bridgehead atoms. The lowest BCUT2D eigenvalue weighted by molar-refractivity contribution is 0.0679. The van der Waals surface area contributed by atoms with Gasteiger partial charge < -0.3 is 14.2 Å². The zero-order valence-electron chi connectivity index (χ0n) is 14.4. The van der Waals surface area contributed by atoms with Crippen LogP contribution in [0.2, 0.25) is 0 Å². The molecule has 26 heavy (non-hydrogen) atoms. The largest absolute Gasteiger partial charge is 0.439 e. The Balaban J connectivity index is 1.48. The maximum absolute atomic E-state index is 12.9. The van der Waals surface area contributed by atoms with Gasteiger partial charge in [-0.05, 0) is 31.0 Å². The summed E-state index contributed by atoms with van der Waals surface area (Å²) in [6.45, 7) is 1.45. The molecule has 0 N–H and O–H groups in total. The van der Waals surface area contributed by atoms with Crippen molar-refractivity contribution in [2.24, 2.45) is 0 Å². The van der Waals surface area contributed by atoms with Crippen LogP contribution in [-0.2, 0) is 0 Å². The molecule has 1 amide bonds. The number of carbonyl (C=O) groups excluding carboxylic acids is 1. The highest BCUT2D eigenvalue weighted by molar-refractivity contribution is 5.94. The van der Waals surface area contributed by atoms with E-state index in [0.29, 0.717) is 23.7 Å². The first-order valence-electron chi connectivity index (χ1n) is 8.75. The Hall–Kier alpha value is -3.15. The molecular formula is C20H20N4O2. The Labute approximate surface area is 152 Å². The topological polar surface area (TPSA) is 60.2 Å². The van der Waals surface area contributed by atoms with Crippen LogP contribution in [0.25, 0.3) is 0 Å². The molecule has 3 aromatic rings. The smallest absolute Gasteiger partial charge is 0.254 e. The highest BCUT2D eigenvalue weighted by Gasteiger charge is 2.25. The van der Waals surface area contributed by atoms with Crippen LogP contribution < -0.4 is 4.74 Å². The van der Waals surface area contributed by atoms with E-state index in [1.807, 2.05) is 47.8 Å². The van der Waals surface area contributed by atoms with Gasteiger partial charge in [-0.3, -0.25) is 4.79 Å². The molecule has 2 aromatic heterocycles. The molecule has 1 aromatic carbocycles. The second-order valence-corrected chi connectivity index (χ2v) is 6.35. The summed E-state index contributed by atoms with van der Waals surface area (Å²) in [5.74, 6) is 1.13. The molecule has 0 spiro atoms. The number of para-hydroxylation sites is 1. The predicted octanol–water partition coefficient (Wildman–Crippen LogP) is 3.55. The maximum atomic E-state index is 12.9.